The monoisotopic (exact) mass is 538 g/mol. The van der Waals surface area contributed by atoms with E-state index in [1.54, 1.807) is 42.9 Å². The van der Waals surface area contributed by atoms with Crippen LogP contribution in [0.2, 0.25) is 0 Å². The molecule has 0 saturated heterocycles. The van der Waals surface area contributed by atoms with Crippen molar-refractivity contribution in [3.8, 4) is 11.1 Å². The molecule has 2 heterocycles. The first-order valence-electron chi connectivity index (χ1n) is 12.2. The Morgan fingerprint density at radius 2 is 1.77 bits per heavy atom. The van der Waals surface area contributed by atoms with E-state index in [0.717, 1.165) is 23.3 Å². The molecule has 9 nitrogen and oxygen atoms in total. The van der Waals surface area contributed by atoms with E-state index in [-0.39, 0.29) is 24.1 Å². The maximum absolute atomic E-state index is 13.0. The molecule has 0 unspecified atom stereocenters. The number of aryl methyl sites for hydroxylation is 1. The van der Waals surface area contributed by atoms with Crippen LogP contribution in [-0.2, 0) is 28.2 Å². The molecule has 4 N–H and O–H groups in total. The van der Waals surface area contributed by atoms with Gasteiger partial charge in [-0.3, -0.25) is 4.79 Å². The van der Waals surface area contributed by atoms with Gasteiger partial charge in [-0.25, -0.2) is 14.5 Å². The number of fused-ring (bicyclic) bond motifs is 1. The number of esters is 1. The van der Waals surface area contributed by atoms with Crippen LogP contribution in [0.5, 0.6) is 0 Å². The number of carbonyl (C=O) groups is 2. The van der Waals surface area contributed by atoms with Crippen molar-refractivity contribution >= 4 is 40.2 Å². The number of nitrogens with one attached hydrogen (secondary N) is 2. The number of ether oxygens (including phenoxy) is 1. The number of alkyl halides is 3. The van der Waals surface area contributed by atoms with Gasteiger partial charge in [-0.1, -0.05) is 18.2 Å². The number of hydrogen-bond acceptors (Lipinski definition) is 6. The number of benzene rings is 2. The van der Waals surface area contributed by atoms with E-state index in [1.807, 2.05) is 6.07 Å². The standard InChI is InChI=1S/C27H25F3N6O3/c1-3-39-24(37)26(11-12-26)20-14-19(21-22(31)35-36(2)23(21)34-20)15-7-9-17(10-8-15)32-25(38)33-18-6-4-5-16(13-18)27(28,29)30/h4-10,13-14H,3,11-12H2,1-2H3,(H2,31,35)(H2,32,33,38). The van der Waals surface area contributed by atoms with Crippen LogP contribution in [0.4, 0.5) is 35.2 Å². The Kier molecular flexibility index (Phi) is 6.41. The molecular weight excluding hydrogens is 513 g/mol. The van der Waals surface area contributed by atoms with Gasteiger partial charge in [0.1, 0.15) is 5.41 Å². The highest BCUT2D eigenvalue weighted by Crippen LogP contribution is 2.50. The quantitative estimate of drug-likeness (QED) is 0.280. The van der Waals surface area contributed by atoms with Gasteiger partial charge in [-0.05, 0) is 67.3 Å². The maximum Gasteiger partial charge on any atom is 0.416 e. The first-order valence-corrected chi connectivity index (χ1v) is 12.2. The number of pyridine rings is 1. The molecule has 1 saturated carbocycles. The molecule has 0 radical (unpaired) electrons. The minimum absolute atomic E-state index is 0.00769. The minimum Gasteiger partial charge on any atom is -0.465 e. The van der Waals surface area contributed by atoms with Gasteiger partial charge >= 0.3 is 18.2 Å². The topological polar surface area (TPSA) is 124 Å². The fourth-order valence-corrected chi connectivity index (χ4v) is 4.51. The van der Waals surface area contributed by atoms with Crippen molar-refractivity contribution in [3.63, 3.8) is 0 Å². The zero-order valence-electron chi connectivity index (χ0n) is 21.1. The predicted molar refractivity (Wildman–Crippen MR) is 140 cm³/mol. The van der Waals surface area contributed by atoms with E-state index in [2.05, 4.69) is 15.7 Å². The summed E-state index contributed by atoms with van der Waals surface area (Å²) in [6.07, 6.45) is -3.27. The number of rotatable bonds is 6. The third kappa shape index (κ3) is 4.97. The summed E-state index contributed by atoms with van der Waals surface area (Å²) >= 11 is 0. The summed E-state index contributed by atoms with van der Waals surface area (Å²) in [6, 6.07) is 12.3. The minimum atomic E-state index is -4.52. The van der Waals surface area contributed by atoms with Crippen molar-refractivity contribution in [1.82, 2.24) is 14.8 Å². The average molecular weight is 539 g/mol. The van der Waals surface area contributed by atoms with Crippen molar-refractivity contribution < 1.29 is 27.5 Å². The molecule has 1 aliphatic rings. The van der Waals surface area contributed by atoms with Crippen molar-refractivity contribution in [3.05, 3.63) is 65.9 Å². The van der Waals surface area contributed by atoms with Gasteiger partial charge in [0.25, 0.3) is 0 Å². The lowest BCUT2D eigenvalue weighted by Crippen LogP contribution is -2.24. The average Bonchev–Trinajstić information content (AvgIpc) is 3.65. The summed E-state index contributed by atoms with van der Waals surface area (Å²) in [5, 5.41) is 9.94. The predicted octanol–water partition coefficient (Wildman–Crippen LogP) is 5.48. The molecular formula is C27H25F3N6O3. The molecule has 0 bridgehead atoms. The number of hydrogen-bond donors (Lipinski definition) is 3. The molecule has 202 valence electrons. The number of halogens is 3. The fourth-order valence-electron chi connectivity index (χ4n) is 4.51. The molecule has 39 heavy (non-hydrogen) atoms. The van der Waals surface area contributed by atoms with E-state index >= 15 is 0 Å². The van der Waals surface area contributed by atoms with Crippen molar-refractivity contribution in [2.75, 3.05) is 23.0 Å². The third-order valence-electron chi connectivity index (χ3n) is 6.63. The molecule has 12 heteroatoms. The highest BCUT2D eigenvalue weighted by atomic mass is 19.4. The molecule has 0 aliphatic heterocycles. The zero-order chi connectivity index (χ0) is 27.9. The molecule has 1 fully saturated rings. The number of anilines is 3. The number of urea groups is 1. The number of nitrogens with zero attached hydrogens (tertiary/aromatic N) is 3. The molecule has 1 aliphatic carbocycles. The van der Waals surface area contributed by atoms with Crippen LogP contribution in [-0.4, -0.2) is 33.4 Å². The van der Waals surface area contributed by atoms with Gasteiger partial charge < -0.3 is 21.1 Å². The van der Waals surface area contributed by atoms with Gasteiger partial charge in [0.2, 0.25) is 0 Å². The Labute approximate surface area is 221 Å². The summed E-state index contributed by atoms with van der Waals surface area (Å²) in [5.74, 6) is -0.0329. The Morgan fingerprint density at radius 1 is 1.08 bits per heavy atom. The number of nitrogen functional groups attached to an aromatic ring is 1. The van der Waals surface area contributed by atoms with Crippen LogP contribution < -0.4 is 16.4 Å². The van der Waals surface area contributed by atoms with Crippen LogP contribution in [0.15, 0.2) is 54.6 Å². The largest absolute Gasteiger partial charge is 0.465 e. The normalized spacial score (nSPS) is 14.2. The molecule has 2 aromatic heterocycles. The first kappa shape index (κ1) is 26.0. The van der Waals surface area contributed by atoms with Crippen molar-refractivity contribution in [2.45, 2.75) is 31.4 Å². The van der Waals surface area contributed by atoms with Gasteiger partial charge in [0.15, 0.2) is 11.5 Å². The number of carbonyl (C=O) groups excluding carboxylic acids is 2. The SMILES string of the molecule is CCOC(=O)C1(c2cc(-c3ccc(NC(=O)Nc4cccc(C(F)(F)F)c4)cc3)c3c(N)nn(C)c3n2)CC1. The van der Waals surface area contributed by atoms with Gasteiger partial charge in [-0.2, -0.15) is 18.3 Å². The Hall–Kier alpha value is -4.61. The zero-order valence-corrected chi connectivity index (χ0v) is 21.1. The van der Waals surface area contributed by atoms with E-state index in [0.29, 0.717) is 35.3 Å². The Balaban J connectivity index is 1.41. The number of nitrogens with two attached hydrogens (primary N) is 1. The summed E-state index contributed by atoms with van der Waals surface area (Å²) in [5.41, 5.74) is 7.53. The maximum atomic E-state index is 13.0. The molecule has 2 aromatic carbocycles. The second kappa shape index (κ2) is 9.61. The smallest absolute Gasteiger partial charge is 0.416 e. The summed E-state index contributed by atoms with van der Waals surface area (Å²) < 4.78 is 45.7. The fraction of sp³-hybridized carbons (Fsp3) is 0.259. The summed E-state index contributed by atoms with van der Waals surface area (Å²) in [4.78, 5) is 29.9. The second-order valence-corrected chi connectivity index (χ2v) is 9.30. The molecule has 4 aromatic rings. The molecule has 0 atom stereocenters. The number of aromatic nitrogens is 3. The van der Waals surface area contributed by atoms with Crippen LogP contribution >= 0.6 is 0 Å². The molecule has 0 spiro atoms. The van der Waals surface area contributed by atoms with Crippen LogP contribution in [0.25, 0.3) is 22.2 Å². The van der Waals surface area contributed by atoms with E-state index in [4.69, 9.17) is 15.5 Å². The van der Waals surface area contributed by atoms with Crippen LogP contribution in [0.1, 0.15) is 31.0 Å². The van der Waals surface area contributed by atoms with Gasteiger partial charge in [-0.15, -0.1) is 0 Å². The lowest BCUT2D eigenvalue weighted by Gasteiger charge is -2.16. The van der Waals surface area contributed by atoms with Gasteiger partial charge in [0.05, 0.1) is 23.3 Å². The van der Waals surface area contributed by atoms with E-state index in [9.17, 15) is 22.8 Å². The van der Waals surface area contributed by atoms with Crippen LogP contribution in [0, 0.1) is 0 Å². The first-order chi connectivity index (χ1) is 18.5. The van der Waals surface area contributed by atoms with Crippen molar-refractivity contribution in [2.24, 2.45) is 7.05 Å². The van der Waals surface area contributed by atoms with Gasteiger partial charge in [0, 0.05) is 18.4 Å². The van der Waals surface area contributed by atoms with E-state index < -0.39 is 23.2 Å². The Morgan fingerprint density at radius 3 is 2.41 bits per heavy atom. The highest BCUT2D eigenvalue weighted by Gasteiger charge is 2.54. The molecule has 2 amide bonds. The molecule has 5 rings (SSSR count). The third-order valence-corrected chi connectivity index (χ3v) is 6.63. The summed E-state index contributed by atoms with van der Waals surface area (Å²) in [7, 11) is 1.72. The number of amides is 2. The second-order valence-electron chi connectivity index (χ2n) is 9.30. The summed E-state index contributed by atoms with van der Waals surface area (Å²) in [6.45, 7) is 2.03. The lowest BCUT2D eigenvalue weighted by molar-refractivity contribution is -0.146. The Bertz CT molecular complexity index is 1580. The lowest BCUT2D eigenvalue weighted by atomic mass is 9.95. The van der Waals surface area contributed by atoms with Crippen LogP contribution in [0.3, 0.4) is 0 Å². The highest BCUT2D eigenvalue weighted by molar-refractivity contribution is 6.02. The van der Waals surface area contributed by atoms with Crippen molar-refractivity contribution in [1.29, 1.82) is 0 Å². The van der Waals surface area contributed by atoms with E-state index in [1.165, 1.54) is 12.1 Å².